The predicted octanol–water partition coefficient (Wildman–Crippen LogP) is -0.207. The minimum absolute atomic E-state index is 0.0579. The molecule has 1 heterocycles. The highest BCUT2D eigenvalue weighted by molar-refractivity contribution is 5.77. The van der Waals surface area contributed by atoms with Crippen molar-refractivity contribution in [1.29, 1.82) is 0 Å². The van der Waals surface area contributed by atoms with Crippen molar-refractivity contribution in [1.82, 2.24) is 5.43 Å². The van der Waals surface area contributed by atoms with Crippen molar-refractivity contribution in [2.75, 3.05) is 13.2 Å². The number of carbonyl (C=O) groups is 1. The summed E-state index contributed by atoms with van der Waals surface area (Å²) in [5, 5.41) is 0. The van der Waals surface area contributed by atoms with Crippen LogP contribution in [-0.4, -0.2) is 19.1 Å². The Labute approximate surface area is 66.1 Å². The van der Waals surface area contributed by atoms with Crippen LogP contribution < -0.4 is 11.3 Å². The van der Waals surface area contributed by atoms with Crippen molar-refractivity contribution in [2.24, 2.45) is 11.8 Å². The van der Waals surface area contributed by atoms with E-state index in [4.69, 9.17) is 10.6 Å². The lowest BCUT2D eigenvalue weighted by Gasteiger charge is -2.09. The molecule has 11 heavy (non-hydrogen) atoms. The SMILES string of the molecule is NNC(=O)C1CCCOCC1. The molecule has 4 heteroatoms. The minimum Gasteiger partial charge on any atom is -0.381 e. The summed E-state index contributed by atoms with van der Waals surface area (Å²) in [5.74, 6) is 5.01. The molecule has 1 atom stereocenters. The van der Waals surface area contributed by atoms with Gasteiger partial charge in [-0.25, -0.2) is 5.84 Å². The van der Waals surface area contributed by atoms with E-state index in [2.05, 4.69) is 5.43 Å². The summed E-state index contributed by atoms with van der Waals surface area (Å²) in [6.45, 7) is 1.45. The molecule has 1 fully saturated rings. The molecule has 1 unspecified atom stereocenters. The number of hydrogen-bond donors (Lipinski definition) is 2. The third-order valence-corrected chi connectivity index (χ3v) is 1.96. The summed E-state index contributed by atoms with van der Waals surface area (Å²) < 4.78 is 5.20. The van der Waals surface area contributed by atoms with Crippen LogP contribution in [0.1, 0.15) is 19.3 Å². The van der Waals surface area contributed by atoms with Gasteiger partial charge in [-0.05, 0) is 19.3 Å². The highest BCUT2D eigenvalue weighted by Gasteiger charge is 2.18. The van der Waals surface area contributed by atoms with E-state index in [1.54, 1.807) is 0 Å². The van der Waals surface area contributed by atoms with Crippen LogP contribution >= 0.6 is 0 Å². The molecular formula is C7H14N2O2. The van der Waals surface area contributed by atoms with Gasteiger partial charge in [0.25, 0.3) is 0 Å². The number of rotatable bonds is 1. The lowest BCUT2D eigenvalue weighted by molar-refractivity contribution is -0.125. The zero-order valence-electron chi connectivity index (χ0n) is 6.51. The van der Waals surface area contributed by atoms with Crippen LogP contribution in [0.2, 0.25) is 0 Å². The summed E-state index contributed by atoms with van der Waals surface area (Å²) in [4.78, 5) is 11.0. The molecule has 0 radical (unpaired) electrons. The second kappa shape index (κ2) is 4.31. The summed E-state index contributed by atoms with van der Waals surface area (Å²) >= 11 is 0. The summed E-state index contributed by atoms with van der Waals surface area (Å²) in [6, 6.07) is 0. The highest BCUT2D eigenvalue weighted by atomic mass is 16.5. The molecule has 1 rings (SSSR count). The Kier molecular flexibility index (Phi) is 3.32. The van der Waals surface area contributed by atoms with Crippen LogP contribution in [0, 0.1) is 5.92 Å². The molecule has 3 N–H and O–H groups in total. The molecule has 1 amide bonds. The van der Waals surface area contributed by atoms with E-state index in [0.29, 0.717) is 6.61 Å². The Morgan fingerprint density at radius 3 is 3.00 bits per heavy atom. The second-order valence-corrected chi connectivity index (χ2v) is 2.75. The van der Waals surface area contributed by atoms with Crippen LogP contribution in [0.25, 0.3) is 0 Å². The van der Waals surface area contributed by atoms with Gasteiger partial charge in [0.1, 0.15) is 0 Å². The van der Waals surface area contributed by atoms with E-state index in [0.717, 1.165) is 25.9 Å². The standard InChI is InChI=1S/C7H14N2O2/c8-9-7(10)6-2-1-4-11-5-3-6/h6H,1-5,8H2,(H,9,10). The zero-order chi connectivity index (χ0) is 8.10. The van der Waals surface area contributed by atoms with Gasteiger partial charge >= 0.3 is 0 Å². The number of nitrogens with two attached hydrogens (primary N) is 1. The lowest BCUT2D eigenvalue weighted by Crippen LogP contribution is -2.36. The number of hydrazine groups is 1. The van der Waals surface area contributed by atoms with Gasteiger partial charge in [0.05, 0.1) is 0 Å². The largest absolute Gasteiger partial charge is 0.381 e. The molecule has 1 aliphatic heterocycles. The van der Waals surface area contributed by atoms with Crippen LogP contribution in [-0.2, 0) is 9.53 Å². The fourth-order valence-electron chi connectivity index (χ4n) is 1.28. The zero-order valence-corrected chi connectivity index (χ0v) is 6.51. The maximum Gasteiger partial charge on any atom is 0.237 e. The molecule has 0 aromatic heterocycles. The molecule has 0 aromatic rings. The van der Waals surface area contributed by atoms with Gasteiger partial charge in [0.2, 0.25) is 5.91 Å². The van der Waals surface area contributed by atoms with Crippen molar-refractivity contribution >= 4 is 5.91 Å². The first-order valence-electron chi connectivity index (χ1n) is 3.93. The molecule has 1 aliphatic rings. The number of amides is 1. The van der Waals surface area contributed by atoms with Crippen molar-refractivity contribution in [3.8, 4) is 0 Å². The van der Waals surface area contributed by atoms with Crippen LogP contribution in [0.5, 0.6) is 0 Å². The minimum atomic E-state index is -0.0597. The average molecular weight is 158 g/mol. The Morgan fingerprint density at radius 1 is 1.45 bits per heavy atom. The molecule has 0 spiro atoms. The average Bonchev–Trinajstić information content (AvgIpc) is 2.30. The summed E-state index contributed by atoms with van der Waals surface area (Å²) in [6.07, 6.45) is 2.64. The quantitative estimate of drug-likeness (QED) is 0.315. The fourth-order valence-corrected chi connectivity index (χ4v) is 1.28. The molecule has 0 bridgehead atoms. The highest BCUT2D eigenvalue weighted by Crippen LogP contribution is 2.14. The number of hydrogen-bond acceptors (Lipinski definition) is 3. The molecule has 4 nitrogen and oxygen atoms in total. The van der Waals surface area contributed by atoms with E-state index in [9.17, 15) is 4.79 Å². The van der Waals surface area contributed by atoms with E-state index in [1.807, 2.05) is 0 Å². The normalized spacial score (nSPS) is 25.7. The first-order chi connectivity index (χ1) is 5.34. The first kappa shape index (κ1) is 8.49. The molecule has 0 saturated carbocycles. The smallest absolute Gasteiger partial charge is 0.237 e. The Bertz CT molecular complexity index is 130. The third kappa shape index (κ3) is 2.48. The van der Waals surface area contributed by atoms with Crippen LogP contribution in [0.3, 0.4) is 0 Å². The van der Waals surface area contributed by atoms with Gasteiger partial charge in [-0.15, -0.1) is 0 Å². The molecule has 1 saturated heterocycles. The van der Waals surface area contributed by atoms with Crippen molar-refractivity contribution in [3.05, 3.63) is 0 Å². The predicted molar refractivity (Wildman–Crippen MR) is 40.5 cm³/mol. The van der Waals surface area contributed by atoms with Gasteiger partial charge in [-0.1, -0.05) is 0 Å². The molecular weight excluding hydrogens is 144 g/mol. The van der Waals surface area contributed by atoms with Gasteiger partial charge in [0.15, 0.2) is 0 Å². The van der Waals surface area contributed by atoms with Gasteiger partial charge in [-0.2, -0.15) is 0 Å². The van der Waals surface area contributed by atoms with Crippen LogP contribution in [0.15, 0.2) is 0 Å². The topological polar surface area (TPSA) is 64.3 Å². The second-order valence-electron chi connectivity index (χ2n) is 2.75. The number of nitrogens with one attached hydrogen (secondary N) is 1. The maximum atomic E-state index is 11.0. The van der Waals surface area contributed by atoms with E-state index in [1.165, 1.54) is 0 Å². The Morgan fingerprint density at radius 2 is 2.27 bits per heavy atom. The monoisotopic (exact) mass is 158 g/mol. The lowest BCUT2D eigenvalue weighted by atomic mass is 10.0. The third-order valence-electron chi connectivity index (χ3n) is 1.96. The molecule has 0 aromatic carbocycles. The van der Waals surface area contributed by atoms with Gasteiger partial charge in [-0.3, -0.25) is 10.2 Å². The van der Waals surface area contributed by atoms with Gasteiger partial charge in [0, 0.05) is 19.1 Å². The van der Waals surface area contributed by atoms with Crippen LogP contribution in [0.4, 0.5) is 0 Å². The Balaban J connectivity index is 2.36. The fraction of sp³-hybridized carbons (Fsp3) is 0.857. The summed E-state index contributed by atoms with van der Waals surface area (Å²) in [7, 11) is 0. The van der Waals surface area contributed by atoms with Crippen molar-refractivity contribution in [2.45, 2.75) is 19.3 Å². The molecule has 0 aliphatic carbocycles. The van der Waals surface area contributed by atoms with Crippen molar-refractivity contribution in [3.63, 3.8) is 0 Å². The number of ether oxygens (including phenoxy) is 1. The van der Waals surface area contributed by atoms with E-state index < -0.39 is 0 Å². The molecule has 64 valence electrons. The summed E-state index contributed by atoms with van der Waals surface area (Å²) in [5.41, 5.74) is 2.17. The first-order valence-corrected chi connectivity index (χ1v) is 3.93. The van der Waals surface area contributed by atoms with E-state index in [-0.39, 0.29) is 11.8 Å². The number of carbonyl (C=O) groups excluding carboxylic acids is 1. The van der Waals surface area contributed by atoms with Gasteiger partial charge < -0.3 is 4.74 Å². The van der Waals surface area contributed by atoms with Crippen molar-refractivity contribution < 1.29 is 9.53 Å². The Hall–Kier alpha value is -0.610. The van der Waals surface area contributed by atoms with E-state index >= 15 is 0 Å². The maximum absolute atomic E-state index is 11.0.